The normalized spacial score (nSPS) is 9.88. The number of hydrogen-bond acceptors (Lipinski definition) is 4. The van der Waals surface area contributed by atoms with Crippen LogP contribution >= 0.6 is 0 Å². The summed E-state index contributed by atoms with van der Waals surface area (Å²) >= 11 is 0. The number of nitrogens with one attached hydrogen (secondary N) is 1. The highest BCUT2D eigenvalue weighted by atomic mass is 16.5. The number of carbonyl (C=O) groups is 2. The third-order valence-electron chi connectivity index (χ3n) is 3.00. The summed E-state index contributed by atoms with van der Waals surface area (Å²) in [5.74, 6) is 0.728. The van der Waals surface area contributed by atoms with Crippen LogP contribution in [0.15, 0.2) is 29.8 Å². The Hall–Kier alpha value is -2.50. The Kier molecular flexibility index (Phi) is 7.82. The highest BCUT2D eigenvalue weighted by molar-refractivity contribution is 5.96. The first kappa shape index (κ1) is 19.5. The molecule has 1 rings (SSSR count). The largest absolute Gasteiger partial charge is 0.490 e. The minimum Gasteiger partial charge on any atom is -0.490 e. The van der Waals surface area contributed by atoms with Crippen molar-refractivity contribution in [3.63, 3.8) is 0 Å². The van der Waals surface area contributed by atoms with E-state index in [1.165, 1.54) is 11.0 Å². The number of benzene rings is 1. The lowest BCUT2D eigenvalue weighted by molar-refractivity contribution is -0.129. The maximum absolute atomic E-state index is 12.1. The minimum atomic E-state index is -0.278. The van der Waals surface area contributed by atoms with Crippen LogP contribution in [0.5, 0.6) is 11.5 Å². The molecule has 6 nitrogen and oxygen atoms in total. The van der Waals surface area contributed by atoms with Crippen molar-refractivity contribution in [2.24, 2.45) is 0 Å². The molecule has 1 aromatic rings. The molecule has 2 amide bonds. The summed E-state index contributed by atoms with van der Waals surface area (Å²) in [7, 11) is 1.59. The summed E-state index contributed by atoms with van der Waals surface area (Å²) in [5, 5.41) is 2.76. The second kappa shape index (κ2) is 9.60. The maximum atomic E-state index is 12.1. The van der Waals surface area contributed by atoms with Crippen molar-refractivity contribution in [3.8, 4) is 11.5 Å². The third-order valence-corrected chi connectivity index (χ3v) is 3.00. The van der Waals surface area contributed by atoms with E-state index in [-0.39, 0.29) is 18.4 Å². The van der Waals surface area contributed by atoms with E-state index >= 15 is 0 Å². The lowest BCUT2D eigenvalue weighted by Crippen LogP contribution is -2.34. The van der Waals surface area contributed by atoms with Gasteiger partial charge in [-0.15, -0.1) is 0 Å². The molecule has 0 aliphatic carbocycles. The molecule has 132 valence electrons. The Morgan fingerprint density at radius 2 is 1.75 bits per heavy atom. The quantitative estimate of drug-likeness (QED) is 0.742. The fourth-order valence-corrected chi connectivity index (χ4v) is 1.98. The molecule has 6 heteroatoms. The second-order valence-corrected chi connectivity index (χ2v) is 5.49. The van der Waals surface area contributed by atoms with Gasteiger partial charge in [0.1, 0.15) is 0 Å². The van der Waals surface area contributed by atoms with Gasteiger partial charge in [-0.3, -0.25) is 9.59 Å². The fraction of sp³-hybridized carbons (Fsp3) is 0.444. The van der Waals surface area contributed by atoms with Gasteiger partial charge in [-0.1, -0.05) is 5.57 Å². The van der Waals surface area contributed by atoms with Gasteiger partial charge in [0, 0.05) is 24.9 Å². The van der Waals surface area contributed by atoms with Gasteiger partial charge in [-0.25, -0.2) is 0 Å². The van der Waals surface area contributed by atoms with Gasteiger partial charge in [0.2, 0.25) is 11.8 Å². The molecule has 0 aliphatic rings. The molecule has 0 radical (unpaired) electrons. The van der Waals surface area contributed by atoms with Gasteiger partial charge >= 0.3 is 0 Å². The van der Waals surface area contributed by atoms with E-state index in [9.17, 15) is 9.59 Å². The highest BCUT2D eigenvalue weighted by Crippen LogP contribution is 2.30. The number of likely N-dealkylation sites (N-methyl/N-ethyl adjacent to an activating group) is 1. The van der Waals surface area contributed by atoms with Gasteiger partial charge in [0.15, 0.2) is 11.5 Å². The molecular weight excluding hydrogens is 308 g/mol. The van der Waals surface area contributed by atoms with Crippen LogP contribution in [0.1, 0.15) is 27.7 Å². The molecule has 24 heavy (non-hydrogen) atoms. The summed E-state index contributed by atoms with van der Waals surface area (Å²) < 4.78 is 11.0. The van der Waals surface area contributed by atoms with E-state index in [0.29, 0.717) is 30.4 Å². The lowest BCUT2D eigenvalue weighted by Gasteiger charge is -2.16. The molecule has 0 unspecified atom stereocenters. The van der Waals surface area contributed by atoms with E-state index < -0.39 is 0 Å². The van der Waals surface area contributed by atoms with Gasteiger partial charge in [-0.2, -0.15) is 0 Å². The zero-order valence-corrected chi connectivity index (χ0v) is 15.0. The highest BCUT2D eigenvalue weighted by Gasteiger charge is 2.12. The number of rotatable bonds is 8. The second-order valence-electron chi connectivity index (χ2n) is 5.49. The van der Waals surface area contributed by atoms with Crippen LogP contribution in [-0.2, 0) is 9.59 Å². The SMILES string of the molecule is CCOc1ccc(NC(=O)CN(C)C(=O)C=C(C)C)cc1OCC. The van der Waals surface area contributed by atoms with Gasteiger partial charge in [-0.05, 0) is 39.8 Å². The molecule has 0 atom stereocenters. The molecule has 0 heterocycles. The Morgan fingerprint density at radius 3 is 2.33 bits per heavy atom. The van der Waals surface area contributed by atoms with Crippen molar-refractivity contribution in [2.75, 3.05) is 32.1 Å². The predicted molar refractivity (Wildman–Crippen MR) is 94.5 cm³/mol. The van der Waals surface area contributed by atoms with E-state index in [4.69, 9.17) is 9.47 Å². The number of carbonyl (C=O) groups excluding carboxylic acids is 2. The summed E-state index contributed by atoms with van der Waals surface area (Å²) in [6.07, 6.45) is 1.50. The Labute approximate surface area is 143 Å². The molecule has 0 spiro atoms. The van der Waals surface area contributed by atoms with Crippen molar-refractivity contribution in [2.45, 2.75) is 27.7 Å². The van der Waals surface area contributed by atoms with Gasteiger partial charge in [0.25, 0.3) is 0 Å². The Morgan fingerprint density at radius 1 is 1.12 bits per heavy atom. The standard InChI is InChI=1S/C18H26N2O4/c1-6-23-15-9-8-14(11-16(15)24-7-2)19-17(21)12-20(5)18(22)10-13(3)4/h8-11H,6-7,12H2,1-5H3,(H,19,21). The number of nitrogens with zero attached hydrogens (tertiary/aromatic N) is 1. The average molecular weight is 334 g/mol. The number of amides is 2. The van der Waals surface area contributed by atoms with Crippen molar-refractivity contribution in [3.05, 3.63) is 29.8 Å². The van der Waals surface area contributed by atoms with Crippen LogP contribution in [-0.4, -0.2) is 43.5 Å². The van der Waals surface area contributed by atoms with E-state index in [0.717, 1.165) is 5.57 Å². The number of ether oxygens (including phenoxy) is 2. The third kappa shape index (κ3) is 6.32. The van der Waals surface area contributed by atoms with Gasteiger partial charge < -0.3 is 19.7 Å². The topological polar surface area (TPSA) is 67.9 Å². The number of hydrogen-bond donors (Lipinski definition) is 1. The lowest BCUT2D eigenvalue weighted by atomic mass is 10.2. The molecule has 0 saturated carbocycles. The van der Waals surface area contributed by atoms with Crippen LogP contribution in [0.25, 0.3) is 0 Å². The van der Waals surface area contributed by atoms with Crippen molar-refractivity contribution in [1.82, 2.24) is 4.90 Å². The zero-order valence-electron chi connectivity index (χ0n) is 15.0. The molecular formula is C18H26N2O4. The number of anilines is 1. The van der Waals surface area contributed by atoms with Crippen molar-refractivity contribution >= 4 is 17.5 Å². The van der Waals surface area contributed by atoms with E-state index in [2.05, 4.69) is 5.32 Å². The Balaban J connectivity index is 2.74. The van der Waals surface area contributed by atoms with Crippen molar-refractivity contribution < 1.29 is 19.1 Å². The van der Waals surface area contributed by atoms with Crippen LogP contribution in [0, 0.1) is 0 Å². The minimum absolute atomic E-state index is 0.0280. The maximum Gasteiger partial charge on any atom is 0.246 e. The summed E-state index contributed by atoms with van der Waals surface area (Å²) in [6, 6.07) is 5.20. The van der Waals surface area contributed by atoms with E-state index in [1.54, 1.807) is 25.2 Å². The summed E-state index contributed by atoms with van der Waals surface area (Å²) in [4.78, 5) is 25.3. The monoisotopic (exact) mass is 334 g/mol. The smallest absolute Gasteiger partial charge is 0.246 e. The molecule has 0 bridgehead atoms. The van der Waals surface area contributed by atoms with Crippen LogP contribution in [0.2, 0.25) is 0 Å². The molecule has 1 N–H and O–H groups in total. The summed E-state index contributed by atoms with van der Waals surface area (Å²) in [5.41, 5.74) is 1.48. The Bertz CT molecular complexity index is 607. The number of allylic oxidation sites excluding steroid dienone is 1. The summed E-state index contributed by atoms with van der Waals surface area (Å²) in [6.45, 7) is 8.44. The zero-order chi connectivity index (χ0) is 18.1. The van der Waals surface area contributed by atoms with Crippen molar-refractivity contribution in [1.29, 1.82) is 0 Å². The van der Waals surface area contributed by atoms with Crippen LogP contribution in [0.3, 0.4) is 0 Å². The first-order valence-corrected chi connectivity index (χ1v) is 7.96. The molecule has 1 aromatic carbocycles. The molecule has 0 aromatic heterocycles. The molecule has 0 saturated heterocycles. The van der Waals surface area contributed by atoms with Gasteiger partial charge in [0.05, 0.1) is 19.8 Å². The van der Waals surface area contributed by atoms with Crippen LogP contribution in [0.4, 0.5) is 5.69 Å². The van der Waals surface area contributed by atoms with E-state index in [1.807, 2.05) is 27.7 Å². The average Bonchev–Trinajstić information content (AvgIpc) is 2.49. The first-order chi connectivity index (χ1) is 11.4. The fourth-order valence-electron chi connectivity index (χ4n) is 1.98. The van der Waals surface area contributed by atoms with Crippen LogP contribution < -0.4 is 14.8 Å². The first-order valence-electron chi connectivity index (χ1n) is 7.96. The molecule has 0 fully saturated rings. The predicted octanol–water partition coefficient (Wildman–Crippen LogP) is 2.85. The molecule has 0 aliphatic heterocycles.